The molecule has 0 aliphatic carbocycles. The summed E-state index contributed by atoms with van der Waals surface area (Å²) in [7, 11) is 0. The third kappa shape index (κ3) is 1.17. The van der Waals surface area contributed by atoms with Gasteiger partial charge in [-0.15, -0.1) is 0 Å². The molecular formula is C7H9F3O2. The quantitative estimate of drug-likeness (QED) is 0.535. The number of esters is 1. The summed E-state index contributed by atoms with van der Waals surface area (Å²) in [6.07, 6.45) is -4.63. The van der Waals surface area contributed by atoms with Crippen LogP contribution in [0.4, 0.5) is 13.2 Å². The maximum Gasteiger partial charge on any atom is 0.428 e. The van der Waals surface area contributed by atoms with Gasteiger partial charge in [-0.1, -0.05) is 6.92 Å². The molecule has 2 nitrogen and oxygen atoms in total. The van der Waals surface area contributed by atoms with Crippen molar-refractivity contribution in [3.63, 3.8) is 0 Å². The van der Waals surface area contributed by atoms with Gasteiger partial charge in [0, 0.05) is 5.92 Å². The maximum absolute atomic E-state index is 12.3. The molecule has 70 valence electrons. The van der Waals surface area contributed by atoms with Crippen LogP contribution in [0.5, 0.6) is 0 Å². The van der Waals surface area contributed by atoms with E-state index in [0.29, 0.717) is 0 Å². The van der Waals surface area contributed by atoms with Crippen molar-refractivity contribution in [2.24, 2.45) is 5.92 Å². The fraction of sp³-hybridized carbons (Fsp3) is 0.857. The Hall–Kier alpha value is -0.740. The van der Waals surface area contributed by atoms with Crippen LogP contribution in [0, 0.1) is 5.92 Å². The Morgan fingerprint density at radius 3 is 2.25 bits per heavy atom. The topological polar surface area (TPSA) is 26.3 Å². The molecular weight excluding hydrogens is 173 g/mol. The molecule has 0 saturated carbocycles. The number of halogens is 3. The zero-order chi connectivity index (χ0) is 9.57. The number of alkyl halides is 3. The summed E-state index contributed by atoms with van der Waals surface area (Å²) in [6, 6.07) is 0. The van der Waals surface area contributed by atoms with Crippen molar-refractivity contribution < 1.29 is 22.7 Å². The molecule has 0 aromatic rings. The summed E-state index contributed by atoms with van der Waals surface area (Å²) in [4.78, 5) is 10.6. The van der Waals surface area contributed by atoms with Crippen molar-refractivity contribution in [3.8, 4) is 0 Å². The average Bonchev–Trinajstić information content (AvgIpc) is 2.06. The van der Waals surface area contributed by atoms with E-state index in [1.807, 2.05) is 0 Å². The molecule has 1 saturated heterocycles. The van der Waals surface area contributed by atoms with Crippen molar-refractivity contribution in [1.29, 1.82) is 0 Å². The normalized spacial score (nSPS) is 36.8. The van der Waals surface area contributed by atoms with Gasteiger partial charge in [0.1, 0.15) is 0 Å². The molecule has 0 N–H and O–H groups in total. The third-order valence-electron chi connectivity index (χ3n) is 2.30. The predicted octanol–water partition coefficient (Wildman–Crippen LogP) is 1.89. The highest BCUT2D eigenvalue weighted by Crippen LogP contribution is 2.44. The van der Waals surface area contributed by atoms with E-state index in [1.165, 1.54) is 6.92 Å². The van der Waals surface area contributed by atoms with Crippen LogP contribution in [0.15, 0.2) is 0 Å². The van der Waals surface area contributed by atoms with Crippen LogP contribution in [-0.2, 0) is 9.53 Å². The lowest BCUT2D eigenvalue weighted by atomic mass is 9.90. The Balaban J connectivity index is 2.92. The lowest BCUT2D eigenvalue weighted by Gasteiger charge is -2.29. The Morgan fingerprint density at radius 1 is 1.58 bits per heavy atom. The summed E-state index contributed by atoms with van der Waals surface area (Å²) in [5.41, 5.74) is -2.29. The van der Waals surface area contributed by atoms with Crippen LogP contribution >= 0.6 is 0 Å². The summed E-state index contributed by atoms with van der Waals surface area (Å²) >= 11 is 0. The SMILES string of the molecule is CC1CC(=O)OC1(C)C(F)(F)F. The Morgan fingerprint density at radius 2 is 2.08 bits per heavy atom. The fourth-order valence-corrected chi connectivity index (χ4v) is 1.16. The first kappa shape index (κ1) is 9.35. The summed E-state index contributed by atoms with van der Waals surface area (Å²) in [6.45, 7) is 2.26. The van der Waals surface area contributed by atoms with Crippen molar-refractivity contribution in [1.82, 2.24) is 0 Å². The molecule has 0 aromatic heterocycles. The molecule has 1 heterocycles. The highest BCUT2D eigenvalue weighted by atomic mass is 19.4. The zero-order valence-electron chi connectivity index (χ0n) is 6.73. The minimum atomic E-state index is -4.47. The van der Waals surface area contributed by atoms with Gasteiger partial charge in [-0.05, 0) is 6.92 Å². The van der Waals surface area contributed by atoms with Gasteiger partial charge in [-0.25, -0.2) is 0 Å². The van der Waals surface area contributed by atoms with Gasteiger partial charge in [0.2, 0.25) is 5.60 Å². The molecule has 2 unspecified atom stereocenters. The van der Waals surface area contributed by atoms with Gasteiger partial charge in [-0.3, -0.25) is 4.79 Å². The Kier molecular flexibility index (Phi) is 1.85. The van der Waals surface area contributed by atoms with E-state index in [2.05, 4.69) is 4.74 Å². The highest BCUT2D eigenvalue weighted by molar-refractivity contribution is 5.72. The number of ether oxygens (including phenoxy) is 1. The summed E-state index contributed by atoms with van der Waals surface area (Å²) < 4.78 is 41.1. The van der Waals surface area contributed by atoms with Crippen LogP contribution in [0.1, 0.15) is 20.3 Å². The zero-order valence-corrected chi connectivity index (χ0v) is 6.73. The van der Waals surface area contributed by atoms with Gasteiger partial charge in [0.15, 0.2) is 0 Å². The highest BCUT2D eigenvalue weighted by Gasteiger charge is 2.61. The molecule has 0 bridgehead atoms. The molecule has 2 atom stereocenters. The molecule has 1 aliphatic heterocycles. The molecule has 5 heteroatoms. The summed E-state index contributed by atoms with van der Waals surface area (Å²) in [5.74, 6) is -1.58. The Bertz CT molecular complexity index is 211. The number of hydrogen-bond acceptors (Lipinski definition) is 2. The van der Waals surface area contributed by atoms with Gasteiger partial charge < -0.3 is 4.74 Å². The first-order valence-electron chi connectivity index (χ1n) is 3.56. The molecule has 1 aliphatic rings. The minimum absolute atomic E-state index is 0.157. The molecule has 0 spiro atoms. The number of cyclic esters (lactones) is 1. The van der Waals surface area contributed by atoms with E-state index >= 15 is 0 Å². The van der Waals surface area contributed by atoms with Crippen LogP contribution < -0.4 is 0 Å². The van der Waals surface area contributed by atoms with Crippen LogP contribution in [-0.4, -0.2) is 17.7 Å². The first-order chi connectivity index (χ1) is 5.27. The standard InChI is InChI=1S/C7H9F3O2/c1-4-3-5(11)12-6(4,2)7(8,9)10/h4H,3H2,1-2H3. The lowest BCUT2D eigenvalue weighted by molar-refractivity contribution is -0.262. The maximum atomic E-state index is 12.3. The molecule has 0 amide bonds. The second-order valence-corrected chi connectivity index (χ2v) is 3.18. The lowest BCUT2D eigenvalue weighted by Crippen LogP contribution is -2.46. The second kappa shape index (κ2) is 2.37. The molecule has 12 heavy (non-hydrogen) atoms. The van der Waals surface area contributed by atoms with Crippen molar-refractivity contribution in [2.75, 3.05) is 0 Å². The molecule has 0 aromatic carbocycles. The van der Waals surface area contributed by atoms with E-state index in [-0.39, 0.29) is 6.42 Å². The van der Waals surface area contributed by atoms with E-state index < -0.39 is 23.7 Å². The van der Waals surface area contributed by atoms with Gasteiger partial charge >= 0.3 is 12.1 Å². The number of carbonyl (C=O) groups is 1. The molecule has 0 radical (unpaired) electrons. The number of carbonyl (C=O) groups excluding carboxylic acids is 1. The van der Waals surface area contributed by atoms with E-state index in [1.54, 1.807) is 0 Å². The number of hydrogen-bond donors (Lipinski definition) is 0. The smallest absolute Gasteiger partial charge is 0.428 e. The Labute approximate surface area is 67.7 Å². The van der Waals surface area contributed by atoms with Crippen molar-refractivity contribution in [2.45, 2.75) is 32.0 Å². The van der Waals surface area contributed by atoms with Crippen LogP contribution in [0.25, 0.3) is 0 Å². The second-order valence-electron chi connectivity index (χ2n) is 3.18. The van der Waals surface area contributed by atoms with Crippen molar-refractivity contribution in [3.05, 3.63) is 0 Å². The monoisotopic (exact) mass is 182 g/mol. The fourth-order valence-electron chi connectivity index (χ4n) is 1.16. The van der Waals surface area contributed by atoms with Crippen molar-refractivity contribution >= 4 is 5.97 Å². The average molecular weight is 182 g/mol. The van der Waals surface area contributed by atoms with Gasteiger partial charge in [-0.2, -0.15) is 13.2 Å². The van der Waals surface area contributed by atoms with Crippen LogP contribution in [0.2, 0.25) is 0 Å². The molecule has 1 rings (SSSR count). The van der Waals surface area contributed by atoms with E-state index in [9.17, 15) is 18.0 Å². The molecule has 1 fully saturated rings. The third-order valence-corrected chi connectivity index (χ3v) is 2.30. The first-order valence-corrected chi connectivity index (χ1v) is 3.56. The van der Waals surface area contributed by atoms with Crippen LogP contribution in [0.3, 0.4) is 0 Å². The van der Waals surface area contributed by atoms with Gasteiger partial charge in [0.25, 0.3) is 0 Å². The van der Waals surface area contributed by atoms with E-state index in [4.69, 9.17) is 0 Å². The number of rotatable bonds is 0. The summed E-state index contributed by atoms with van der Waals surface area (Å²) in [5, 5.41) is 0. The predicted molar refractivity (Wildman–Crippen MR) is 34.3 cm³/mol. The minimum Gasteiger partial charge on any atom is -0.449 e. The van der Waals surface area contributed by atoms with Gasteiger partial charge in [0.05, 0.1) is 6.42 Å². The largest absolute Gasteiger partial charge is 0.449 e. The van der Waals surface area contributed by atoms with E-state index in [0.717, 1.165) is 6.92 Å².